The van der Waals surface area contributed by atoms with E-state index in [1.54, 1.807) is 7.11 Å². The minimum atomic E-state index is 0.790. The smallest absolute Gasteiger partial charge is 0.123 e. The quantitative estimate of drug-likeness (QED) is 0.865. The first-order valence-corrected chi connectivity index (χ1v) is 6.32. The summed E-state index contributed by atoms with van der Waals surface area (Å²) in [5, 5.41) is 6.73. The van der Waals surface area contributed by atoms with Gasteiger partial charge in [-0.3, -0.25) is 0 Å². The van der Waals surface area contributed by atoms with E-state index in [-0.39, 0.29) is 0 Å². The van der Waals surface area contributed by atoms with Gasteiger partial charge >= 0.3 is 0 Å². The summed E-state index contributed by atoms with van der Waals surface area (Å²) in [7, 11) is 1.71. The molecule has 0 aliphatic carbocycles. The van der Waals surface area contributed by atoms with Gasteiger partial charge in [0.05, 0.1) is 7.11 Å². The van der Waals surface area contributed by atoms with E-state index in [1.165, 1.54) is 5.56 Å². The molecule has 1 aliphatic rings. The Morgan fingerprint density at radius 1 is 1.50 bits per heavy atom. The van der Waals surface area contributed by atoms with Crippen LogP contribution in [0.1, 0.15) is 5.56 Å². The van der Waals surface area contributed by atoms with Gasteiger partial charge in [-0.05, 0) is 24.1 Å². The van der Waals surface area contributed by atoms with Gasteiger partial charge in [0.2, 0.25) is 0 Å². The molecule has 88 valence electrons. The maximum atomic E-state index is 5.32. The van der Waals surface area contributed by atoms with Crippen molar-refractivity contribution < 1.29 is 4.74 Å². The standard InChI is InChI=1S/C12H17BrN2O/c1-16-12-3-2-11(13)4-10(12)8-15-7-9-5-14-6-9/h2-4,9,14-15H,5-8H2,1H3. The van der Waals surface area contributed by atoms with Gasteiger partial charge in [0.15, 0.2) is 0 Å². The highest BCUT2D eigenvalue weighted by Crippen LogP contribution is 2.22. The average Bonchev–Trinajstić information content (AvgIpc) is 2.22. The Labute approximate surface area is 105 Å². The fourth-order valence-electron chi connectivity index (χ4n) is 1.79. The number of rotatable bonds is 5. The molecule has 1 heterocycles. The monoisotopic (exact) mass is 284 g/mol. The van der Waals surface area contributed by atoms with Crippen LogP contribution >= 0.6 is 15.9 Å². The third-order valence-corrected chi connectivity index (χ3v) is 3.35. The lowest BCUT2D eigenvalue weighted by Gasteiger charge is -2.27. The zero-order chi connectivity index (χ0) is 11.4. The summed E-state index contributed by atoms with van der Waals surface area (Å²) in [5.74, 6) is 1.74. The number of benzene rings is 1. The van der Waals surface area contributed by atoms with E-state index >= 15 is 0 Å². The van der Waals surface area contributed by atoms with Crippen LogP contribution in [-0.2, 0) is 6.54 Å². The van der Waals surface area contributed by atoms with E-state index in [2.05, 4.69) is 32.6 Å². The van der Waals surface area contributed by atoms with Crippen LogP contribution in [0, 0.1) is 5.92 Å². The summed E-state index contributed by atoms with van der Waals surface area (Å²) in [5.41, 5.74) is 1.20. The van der Waals surface area contributed by atoms with E-state index < -0.39 is 0 Å². The molecule has 0 spiro atoms. The SMILES string of the molecule is COc1ccc(Br)cc1CNCC1CNC1. The predicted molar refractivity (Wildman–Crippen MR) is 68.8 cm³/mol. The molecule has 1 aromatic rings. The van der Waals surface area contributed by atoms with Crippen LogP contribution in [0.25, 0.3) is 0 Å². The van der Waals surface area contributed by atoms with Crippen molar-refractivity contribution >= 4 is 15.9 Å². The molecule has 3 nitrogen and oxygen atoms in total. The van der Waals surface area contributed by atoms with Crippen LogP contribution in [0.4, 0.5) is 0 Å². The molecule has 1 saturated heterocycles. The highest BCUT2D eigenvalue weighted by atomic mass is 79.9. The largest absolute Gasteiger partial charge is 0.496 e. The number of nitrogens with one attached hydrogen (secondary N) is 2. The van der Waals surface area contributed by atoms with Crippen molar-refractivity contribution in [3.63, 3.8) is 0 Å². The molecular weight excluding hydrogens is 268 g/mol. The van der Waals surface area contributed by atoms with E-state index in [4.69, 9.17) is 4.74 Å². The number of hydrogen-bond donors (Lipinski definition) is 2. The predicted octanol–water partition coefficient (Wildman–Crippen LogP) is 1.77. The topological polar surface area (TPSA) is 33.3 Å². The molecule has 0 unspecified atom stereocenters. The Morgan fingerprint density at radius 2 is 2.31 bits per heavy atom. The second-order valence-electron chi connectivity index (χ2n) is 4.11. The summed E-state index contributed by atoms with van der Waals surface area (Å²) in [6, 6.07) is 6.09. The summed E-state index contributed by atoms with van der Waals surface area (Å²) < 4.78 is 6.42. The first-order chi connectivity index (χ1) is 7.79. The van der Waals surface area contributed by atoms with E-state index in [1.807, 2.05) is 12.1 Å². The number of hydrogen-bond acceptors (Lipinski definition) is 3. The molecular formula is C12H17BrN2O. The zero-order valence-electron chi connectivity index (χ0n) is 9.42. The third kappa shape index (κ3) is 2.97. The minimum Gasteiger partial charge on any atom is -0.496 e. The van der Waals surface area contributed by atoms with Gasteiger partial charge in [-0.25, -0.2) is 0 Å². The van der Waals surface area contributed by atoms with Gasteiger partial charge in [0.25, 0.3) is 0 Å². The van der Waals surface area contributed by atoms with Crippen molar-refractivity contribution in [1.29, 1.82) is 0 Å². The van der Waals surface area contributed by atoms with Gasteiger partial charge in [-0.2, -0.15) is 0 Å². The van der Waals surface area contributed by atoms with Crippen LogP contribution in [0.2, 0.25) is 0 Å². The van der Waals surface area contributed by atoms with Crippen LogP contribution < -0.4 is 15.4 Å². The molecule has 0 atom stereocenters. The second-order valence-corrected chi connectivity index (χ2v) is 5.03. The number of methoxy groups -OCH3 is 1. The molecule has 1 aromatic carbocycles. The van der Waals surface area contributed by atoms with Gasteiger partial charge in [0, 0.05) is 36.2 Å². The van der Waals surface area contributed by atoms with Gasteiger partial charge < -0.3 is 15.4 Å². The molecule has 0 aromatic heterocycles. The number of ether oxygens (including phenoxy) is 1. The summed E-state index contributed by atoms with van der Waals surface area (Å²) in [6.07, 6.45) is 0. The Morgan fingerprint density at radius 3 is 2.94 bits per heavy atom. The van der Waals surface area contributed by atoms with Crippen LogP contribution in [-0.4, -0.2) is 26.7 Å². The highest BCUT2D eigenvalue weighted by Gasteiger charge is 2.15. The Kier molecular flexibility index (Phi) is 4.21. The summed E-state index contributed by atoms with van der Waals surface area (Å²) in [4.78, 5) is 0. The minimum absolute atomic E-state index is 0.790. The fraction of sp³-hybridized carbons (Fsp3) is 0.500. The van der Waals surface area contributed by atoms with Crippen molar-refractivity contribution in [2.45, 2.75) is 6.54 Å². The van der Waals surface area contributed by atoms with E-state index in [9.17, 15) is 0 Å². The van der Waals surface area contributed by atoms with Crippen molar-refractivity contribution in [2.24, 2.45) is 5.92 Å². The molecule has 2 rings (SSSR count). The van der Waals surface area contributed by atoms with Gasteiger partial charge in [-0.1, -0.05) is 15.9 Å². The normalized spacial score (nSPS) is 15.9. The third-order valence-electron chi connectivity index (χ3n) is 2.86. The maximum Gasteiger partial charge on any atom is 0.123 e. The Hall–Kier alpha value is -0.580. The molecule has 1 aliphatic heterocycles. The molecule has 0 amide bonds. The first-order valence-electron chi connectivity index (χ1n) is 5.53. The number of halogens is 1. The molecule has 0 saturated carbocycles. The van der Waals surface area contributed by atoms with Crippen LogP contribution in [0.15, 0.2) is 22.7 Å². The van der Waals surface area contributed by atoms with Crippen LogP contribution in [0.3, 0.4) is 0 Å². The molecule has 0 radical (unpaired) electrons. The molecule has 16 heavy (non-hydrogen) atoms. The maximum absolute atomic E-state index is 5.32. The lowest BCUT2D eigenvalue weighted by atomic mass is 10.0. The van der Waals surface area contributed by atoms with Crippen molar-refractivity contribution in [3.05, 3.63) is 28.2 Å². The Bertz CT molecular complexity index is 353. The summed E-state index contributed by atoms with van der Waals surface area (Å²) in [6.45, 7) is 4.22. The van der Waals surface area contributed by atoms with Crippen molar-refractivity contribution in [2.75, 3.05) is 26.7 Å². The van der Waals surface area contributed by atoms with Crippen LogP contribution in [0.5, 0.6) is 5.75 Å². The lowest BCUT2D eigenvalue weighted by Crippen LogP contribution is -2.47. The zero-order valence-corrected chi connectivity index (χ0v) is 11.0. The van der Waals surface area contributed by atoms with Crippen molar-refractivity contribution in [3.8, 4) is 5.75 Å². The highest BCUT2D eigenvalue weighted by molar-refractivity contribution is 9.10. The fourth-order valence-corrected chi connectivity index (χ4v) is 2.20. The Balaban J connectivity index is 1.88. The summed E-state index contributed by atoms with van der Waals surface area (Å²) >= 11 is 3.48. The first kappa shape index (κ1) is 11.9. The van der Waals surface area contributed by atoms with E-state index in [0.29, 0.717) is 0 Å². The average molecular weight is 285 g/mol. The molecule has 4 heteroatoms. The van der Waals surface area contributed by atoms with Gasteiger partial charge in [-0.15, -0.1) is 0 Å². The van der Waals surface area contributed by atoms with Gasteiger partial charge in [0.1, 0.15) is 5.75 Å². The van der Waals surface area contributed by atoms with E-state index in [0.717, 1.165) is 42.3 Å². The van der Waals surface area contributed by atoms with Crippen molar-refractivity contribution in [1.82, 2.24) is 10.6 Å². The second kappa shape index (κ2) is 5.66. The molecule has 0 bridgehead atoms. The molecule has 1 fully saturated rings. The molecule has 2 N–H and O–H groups in total. The lowest BCUT2D eigenvalue weighted by molar-refractivity contribution is 0.330.